The molecule has 1 rings (SSSR count). The largest absolute Gasteiger partial charge is 0.460 e. The molecule has 1 aromatic rings. The Hall–Kier alpha value is -1.06. The molecule has 0 bridgehead atoms. The van der Waals surface area contributed by atoms with Gasteiger partial charge in [-0.1, -0.05) is 23.7 Å². The minimum Gasteiger partial charge on any atom is -0.460 e. The summed E-state index contributed by atoms with van der Waals surface area (Å²) in [7, 11) is 0. The molecule has 0 unspecified atom stereocenters. The van der Waals surface area contributed by atoms with Crippen LogP contribution in [0.1, 0.15) is 11.1 Å². The molecule has 0 saturated carbocycles. The number of ether oxygens (including phenoxy) is 1. The van der Waals surface area contributed by atoms with Gasteiger partial charge < -0.3 is 10.5 Å². The zero-order chi connectivity index (χ0) is 10.6. The molecule has 0 aliphatic heterocycles. The summed E-state index contributed by atoms with van der Waals surface area (Å²) in [5.74, 6) is -0.405. The summed E-state index contributed by atoms with van der Waals surface area (Å²) in [5, 5.41) is 0.707. The summed E-state index contributed by atoms with van der Waals surface area (Å²) in [6.45, 7) is 2.05. The highest BCUT2D eigenvalue weighted by Crippen LogP contribution is 2.16. The Morgan fingerprint density at radius 1 is 1.57 bits per heavy atom. The smallest absolute Gasteiger partial charge is 0.320 e. The Kier molecular flexibility index (Phi) is 3.92. The third kappa shape index (κ3) is 3.01. The summed E-state index contributed by atoms with van der Waals surface area (Å²) < 4.78 is 4.87. The van der Waals surface area contributed by atoms with Gasteiger partial charge in [-0.05, 0) is 24.1 Å². The van der Waals surface area contributed by atoms with Gasteiger partial charge >= 0.3 is 5.97 Å². The van der Waals surface area contributed by atoms with E-state index in [9.17, 15) is 4.79 Å². The average Bonchev–Trinajstić information content (AvgIpc) is 2.19. The zero-order valence-corrected chi connectivity index (χ0v) is 8.67. The molecular formula is C10H12ClNO2. The quantitative estimate of drug-likeness (QED) is 0.777. The predicted molar refractivity (Wildman–Crippen MR) is 55.0 cm³/mol. The van der Waals surface area contributed by atoms with Crippen LogP contribution in [0.2, 0.25) is 5.02 Å². The van der Waals surface area contributed by atoms with Gasteiger partial charge in [-0.2, -0.15) is 0 Å². The second-order valence-corrected chi connectivity index (χ2v) is 3.36. The van der Waals surface area contributed by atoms with E-state index < -0.39 is 5.97 Å². The number of hydrogen-bond donors (Lipinski definition) is 1. The van der Waals surface area contributed by atoms with Crippen molar-refractivity contribution in [1.29, 1.82) is 0 Å². The van der Waals surface area contributed by atoms with Crippen molar-refractivity contribution in [3.63, 3.8) is 0 Å². The molecule has 0 aliphatic carbocycles. The van der Waals surface area contributed by atoms with Gasteiger partial charge in [0.15, 0.2) is 0 Å². The van der Waals surface area contributed by atoms with E-state index >= 15 is 0 Å². The van der Waals surface area contributed by atoms with Crippen molar-refractivity contribution in [2.45, 2.75) is 13.5 Å². The maximum atomic E-state index is 10.8. The van der Waals surface area contributed by atoms with E-state index in [1.54, 1.807) is 6.07 Å². The third-order valence-corrected chi connectivity index (χ3v) is 2.21. The van der Waals surface area contributed by atoms with Crippen molar-refractivity contribution in [2.75, 3.05) is 6.54 Å². The van der Waals surface area contributed by atoms with Crippen LogP contribution < -0.4 is 5.73 Å². The highest BCUT2D eigenvalue weighted by Gasteiger charge is 2.01. The van der Waals surface area contributed by atoms with E-state index in [0.717, 1.165) is 11.1 Å². The normalized spacial score (nSPS) is 9.93. The molecule has 4 heteroatoms. The number of halogens is 1. The molecule has 1 aromatic carbocycles. The van der Waals surface area contributed by atoms with Gasteiger partial charge in [0, 0.05) is 5.02 Å². The molecule has 14 heavy (non-hydrogen) atoms. The van der Waals surface area contributed by atoms with Crippen LogP contribution in [-0.2, 0) is 16.1 Å². The van der Waals surface area contributed by atoms with Gasteiger partial charge in [0.2, 0.25) is 0 Å². The van der Waals surface area contributed by atoms with Gasteiger partial charge in [0.05, 0.1) is 6.54 Å². The molecule has 76 valence electrons. The number of rotatable bonds is 3. The van der Waals surface area contributed by atoms with Crippen molar-refractivity contribution < 1.29 is 9.53 Å². The number of aryl methyl sites for hydroxylation is 1. The number of nitrogens with two attached hydrogens (primary N) is 1. The van der Waals surface area contributed by atoms with Gasteiger partial charge in [-0.15, -0.1) is 0 Å². The topological polar surface area (TPSA) is 52.3 Å². The first kappa shape index (κ1) is 11.0. The summed E-state index contributed by atoms with van der Waals surface area (Å²) in [6.07, 6.45) is 0. The molecular weight excluding hydrogens is 202 g/mol. The fourth-order valence-corrected chi connectivity index (χ4v) is 1.14. The third-order valence-electron chi connectivity index (χ3n) is 1.79. The molecule has 0 aromatic heterocycles. The van der Waals surface area contributed by atoms with E-state index in [1.807, 2.05) is 19.1 Å². The van der Waals surface area contributed by atoms with Crippen LogP contribution in [0.4, 0.5) is 0 Å². The van der Waals surface area contributed by atoms with Crippen LogP contribution in [0.3, 0.4) is 0 Å². The van der Waals surface area contributed by atoms with Crippen LogP contribution in [0.5, 0.6) is 0 Å². The maximum absolute atomic E-state index is 10.8. The van der Waals surface area contributed by atoms with Crippen LogP contribution in [0.25, 0.3) is 0 Å². The number of benzene rings is 1. The second-order valence-electron chi connectivity index (χ2n) is 2.95. The van der Waals surface area contributed by atoms with Gasteiger partial charge in [0.1, 0.15) is 6.61 Å². The highest BCUT2D eigenvalue weighted by atomic mass is 35.5. The minimum absolute atomic E-state index is 0.0907. The first-order chi connectivity index (χ1) is 6.63. The van der Waals surface area contributed by atoms with E-state index in [0.29, 0.717) is 5.02 Å². The molecule has 3 nitrogen and oxygen atoms in total. The first-order valence-electron chi connectivity index (χ1n) is 4.24. The number of esters is 1. The Balaban J connectivity index is 2.60. The molecule has 0 heterocycles. The van der Waals surface area contributed by atoms with Crippen LogP contribution in [0, 0.1) is 6.92 Å². The molecule has 0 atom stereocenters. The van der Waals surface area contributed by atoms with Crippen molar-refractivity contribution >= 4 is 17.6 Å². The molecule has 0 aliphatic rings. The van der Waals surface area contributed by atoms with Gasteiger partial charge in [-0.25, -0.2) is 0 Å². The average molecular weight is 214 g/mol. The summed E-state index contributed by atoms with van der Waals surface area (Å²) >= 11 is 5.84. The maximum Gasteiger partial charge on any atom is 0.320 e. The lowest BCUT2D eigenvalue weighted by atomic mass is 10.1. The summed E-state index contributed by atoms with van der Waals surface area (Å²) in [6, 6.07) is 5.48. The fourth-order valence-electron chi connectivity index (χ4n) is 1.02. The molecule has 0 spiro atoms. The SMILES string of the molecule is Cc1cc(COC(=O)CN)ccc1Cl. The Bertz CT molecular complexity index is 339. The predicted octanol–water partition coefficient (Wildman–Crippen LogP) is 1.65. The van der Waals surface area contributed by atoms with Crippen LogP contribution in [-0.4, -0.2) is 12.5 Å². The lowest BCUT2D eigenvalue weighted by molar-refractivity contribution is -0.143. The second kappa shape index (κ2) is 4.98. The summed E-state index contributed by atoms with van der Waals surface area (Å²) in [4.78, 5) is 10.8. The van der Waals surface area contributed by atoms with Crippen LogP contribution in [0.15, 0.2) is 18.2 Å². The molecule has 0 fully saturated rings. The van der Waals surface area contributed by atoms with E-state index in [1.165, 1.54) is 0 Å². The first-order valence-corrected chi connectivity index (χ1v) is 4.62. The summed E-state index contributed by atoms with van der Waals surface area (Å²) in [5.41, 5.74) is 6.97. The number of carbonyl (C=O) groups is 1. The lowest BCUT2D eigenvalue weighted by Crippen LogP contribution is -2.16. The van der Waals surface area contributed by atoms with Crippen molar-refractivity contribution in [2.24, 2.45) is 5.73 Å². The van der Waals surface area contributed by atoms with Gasteiger partial charge in [-0.3, -0.25) is 4.79 Å². The van der Waals surface area contributed by atoms with Crippen molar-refractivity contribution in [3.05, 3.63) is 34.3 Å². The van der Waals surface area contributed by atoms with Crippen LogP contribution >= 0.6 is 11.6 Å². The Morgan fingerprint density at radius 3 is 2.86 bits per heavy atom. The standard InChI is InChI=1S/C10H12ClNO2/c1-7-4-8(2-3-9(7)11)6-14-10(13)5-12/h2-4H,5-6,12H2,1H3. The Labute approximate surface area is 87.8 Å². The minimum atomic E-state index is -0.405. The molecule has 0 amide bonds. The van der Waals surface area contributed by atoms with Crippen molar-refractivity contribution in [1.82, 2.24) is 0 Å². The molecule has 2 N–H and O–H groups in total. The van der Waals surface area contributed by atoms with E-state index in [-0.39, 0.29) is 13.2 Å². The molecule has 0 saturated heterocycles. The number of hydrogen-bond acceptors (Lipinski definition) is 3. The lowest BCUT2D eigenvalue weighted by Gasteiger charge is -2.05. The van der Waals surface area contributed by atoms with Crippen molar-refractivity contribution in [3.8, 4) is 0 Å². The van der Waals surface area contributed by atoms with Gasteiger partial charge in [0.25, 0.3) is 0 Å². The fraction of sp³-hybridized carbons (Fsp3) is 0.300. The zero-order valence-electron chi connectivity index (χ0n) is 7.92. The monoisotopic (exact) mass is 213 g/mol. The van der Waals surface area contributed by atoms with E-state index in [4.69, 9.17) is 22.1 Å². The number of carbonyl (C=O) groups excluding carboxylic acids is 1. The Morgan fingerprint density at radius 2 is 2.29 bits per heavy atom. The van der Waals surface area contributed by atoms with E-state index in [2.05, 4.69) is 0 Å². The molecule has 0 radical (unpaired) electrons. The highest BCUT2D eigenvalue weighted by molar-refractivity contribution is 6.31.